The minimum atomic E-state index is 0.430. The molecule has 0 N–H and O–H groups in total. The van der Waals surface area contributed by atoms with E-state index >= 15 is 0 Å². The minimum absolute atomic E-state index is 0.430. The Labute approximate surface area is 94.9 Å². The molecule has 0 unspecified atom stereocenters. The number of rotatable bonds is 4. The van der Waals surface area contributed by atoms with Crippen molar-refractivity contribution in [1.82, 2.24) is 14.5 Å². The molecule has 2 heterocycles. The molecule has 0 aliphatic carbocycles. The molecule has 0 aliphatic heterocycles. The fraction of sp³-hybridized carbons (Fsp3) is 0.333. The van der Waals surface area contributed by atoms with E-state index in [9.17, 15) is 0 Å². The fourth-order valence-electron chi connectivity index (χ4n) is 1.33. The Morgan fingerprint density at radius 2 is 2.31 bits per heavy atom. The van der Waals surface area contributed by atoms with Crippen LogP contribution in [0, 0.1) is 0 Å². The van der Waals surface area contributed by atoms with Crippen molar-refractivity contribution in [2.75, 3.05) is 0 Å². The van der Waals surface area contributed by atoms with E-state index in [-0.39, 0.29) is 0 Å². The maximum atomic E-state index is 5.55. The van der Waals surface area contributed by atoms with E-state index in [1.54, 1.807) is 12.4 Å². The molecule has 0 spiro atoms. The van der Waals surface area contributed by atoms with Gasteiger partial charge in [-0.2, -0.15) is 0 Å². The fourth-order valence-corrected chi connectivity index (χ4v) is 1.33. The van der Waals surface area contributed by atoms with Crippen molar-refractivity contribution in [3.05, 3.63) is 42.7 Å². The molecule has 84 valence electrons. The van der Waals surface area contributed by atoms with Crippen molar-refractivity contribution < 1.29 is 4.74 Å². The Morgan fingerprint density at radius 1 is 1.44 bits per heavy atom. The maximum Gasteiger partial charge on any atom is 0.138 e. The third-order valence-electron chi connectivity index (χ3n) is 2.27. The zero-order valence-corrected chi connectivity index (χ0v) is 9.50. The number of hydrogen-bond donors (Lipinski definition) is 0. The monoisotopic (exact) mass is 217 g/mol. The van der Waals surface area contributed by atoms with E-state index in [0.717, 1.165) is 11.4 Å². The van der Waals surface area contributed by atoms with Gasteiger partial charge in [0.25, 0.3) is 0 Å². The molecule has 0 saturated carbocycles. The van der Waals surface area contributed by atoms with E-state index in [2.05, 4.69) is 28.4 Å². The first kappa shape index (κ1) is 10.7. The first-order valence-electron chi connectivity index (χ1n) is 5.31. The summed E-state index contributed by atoms with van der Waals surface area (Å²) in [6, 6.07) is 4.16. The first-order chi connectivity index (χ1) is 7.75. The van der Waals surface area contributed by atoms with Gasteiger partial charge in [0.05, 0.1) is 18.2 Å². The van der Waals surface area contributed by atoms with Crippen LogP contribution >= 0.6 is 0 Å². The lowest BCUT2D eigenvalue weighted by Gasteiger charge is -2.04. The highest BCUT2D eigenvalue weighted by molar-refractivity contribution is 5.15. The summed E-state index contributed by atoms with van der Waals surface area (Å²) in [6.07, 6.45) is 7.24. The standard InChI is InChI=1S/C12H15N3O/c1-10(2)15-7-11(14-9-15)8-16-12-4-3-5-13-6-12/h3-7,9-10H,8H2,1-2H3. The lowest BCUT2D eigenvalue weighted by molar-refractivity contribution is 0.300. The summed E-state index contributed by atoms with van der Waals surface area (Å²) < 4.78 is 7.60. The lowest BCUT2D eigenvalue weighted by atomic mass is 10.4. The summed E-state index contributed by atoms with van der Waals surface area (Å²) in [5, 5.41) is 0. The zero-order valence-electron chi connectivity index (χ0n) is 9.50. The largest absolute Gasteiger partial charge is 0.486 e. The van der Waals surface area contributed by atoms with Gasteiger partial charge in [0.2, 0.25) is 0 Å². The third-order valence-corrected chi connectivity index (χ3v) is 2.27. The second-order valence-electron chi connectivity index (χ2n) is 3.88. The highest BCUT2D eigenvalue weighted by Gasteiger charge is 2.02. The molecule has 0 fully saturated rings. The van der Waals surface area contributed by atoms with Crippen molar-refractivity contribution in [2.45, 2.75) is 26.5 Å². The second-order valence-corrected chi connectivity index (χ2v) is 3.88. The van der Waals surface area contributed by atoms with E-state index in [1.165, 1.54) is 0 Å². The van der Waals surface area contributed by atoms with Crippen LogP contribution in [0.15, 0.2) is 37.1 Å². The molecule has 0 radical (unpaired) electrons. The topological polar surface area (TPSA) is 39.9 Å². The second kappa shape index (κ2) is 4.79. The van der Waals surface area contributed by atoms with Crippen molar-refractivity contribution in [2.24, 2.45) is 0 Å². The highest BCUT2D eigenvalue weighted by Crippen LogP contribution is 2.10. The molecule has 0 atom stereocenters. The summed E-state index contributed by atoms with van der Waals surface area (Å²) in [4.78, 5) is 8.25. The smallest absolute Gasteiger partial charge is 0.138 e. The van der Waals surface area contributed by atoms with Gasteiger partial charge >= 0.3 is 0 Å². The Morgan fingerprint density at radius 3 is 2.94 bits per heavy atom. The van der Waals surface area contributed by atoms with Crippen LogP contribution in [-0.4, -0.2) is 14.5 Å². The van der Waals surface area contributed by atoms with Gasteiger partial charge < -0.3 is 9.30 Å². The van der Waals surface area contributed by atoms with Crippen LogP contribution in [0.4, 0.5) is 0 Å². The number of aromatic nitrogens is 3. The summed E-state index contributed by atoms with van der Waals surface area (Å²) in [7, 11) is 0. The molecule has 16 heavy (non-hydrogen) atoms. The van der Waals surface area contributed by atoms with Crippen LogP contribution < -0.4 is 4.74 Å². The number of ether oxygens (including phenoxy) is 1. The van der Waals surface area contributed by atoms with Gasteiger partial charge in [-0.3, -0.25) is 4.98 Å². The van der Waals surface area contributed by atoms with Crippen LogP contribution in [0.5, 0.6) is 5.75 Å². The van der Waals surface area contributed by atoms with Gasteiger partial charge in [0, 0.05) is 18.4 Å². The molecule has 0 amide bonds. The molecular weight excluding hydrogens is 202 g/mol. The summed E-state index contributed by atoms with van der Waals surface area (Å²) in [5.41, 5.74) is 0.928. The van der Waals surface area contributed by atoms with Crippen molar-refractivity contribution in [1.29, 1.82) is 0 Å². The molecule has 0 aromatic carbocycles. The Balaban J connectivity index is 1.95. The molecule has 0 saturated heterocycles. The van der Waals surface area contributed by atoms with Crippen molar-refractivity contribution in [3.8, 4) is 5.75 Å². The van der Waals surface area contributed by atoms with E-state index in [1.807, 2.05) is 24.7 Å². The summed E-state index contributed by atoms with van der Waals surface area (Å²) in [5.74, 6) is 0.765. The summed E-state index contributed by atoms with van der Waals surface area (Å²) >= 11 is 0. The number of nitrogens with zero attached hydrogens (tertiary/aromatic N) is 3. The number of hydrogen-bond acceptors (Lipinski definition) is 3. The normalized spacial score (nSPS) is 10.7. The molecule has 0 aliphatic rings. The number of imidazole rings is 1. The first-order valence-corrected chi connectivity index (χ1v) is 5.31. The minimum Gasteiger partial charge on any atom is -0.486 e. The van der Waals surface area contributed by atoms with Crippen molar-refractivity contribution in [3.63, 3.8) is 0 Å². The van der Waals surface area contributed by atoms with Crippen LogP contribution in [0.2, 0.25) is 0 Å². The Bertz CT molecular complexity index is 437. The van der Waals surface area contributed by atoms with Gasteiger partial charge in [-0.15, -0.1) is 0 Å². The molecule has 4 heteroatoms. The molecule has 2 aromatic rings. The van der Waals surface area contributed by atoms with E-state index in [0.29, 0.717) is 12.6 Å². The average molecular weight is 217 g/mol. The van der Waals surface area contributed by atoms with E-state index in [4.69, 9.17) is 4.74 Å². The Hall–Kier alpha value is -1.84. The van der Waals surface area contributed by atoms with Crippen LogP contribution in [0.25, 0.3) is 0 Å². The summed E-state index contributed by atoms with van der Waals surface area (Å²) in [6.45, 7) is 4.71. The highest BCUT2D eigenvalue weighted by atomic mass is 16.5. The van der Waals surface area contributed by atoms with Gasteiger partial charge in [-0.25, -0.2) is 4.98 Å². The maximum absolute atomic E-state index is 5.55. The van der Waals surface area contributed by atoms with Crippen LogP contribution in [0.1, 0.15) is 25.6 Å². The van der Waals surface area contributed by atoms with Gasteiger partial charge in [-0.05, 0) is 26.0 Å². The van der Waals surface area contributed by atoms with E-state index < -0.39 is 0 Å². The van der Waals surface area contributed by atoms with Crippen LogP contribution in [0.3, 0.4) is 0 Å². The predicted octanol–water partition coefficient (Wildman–Crippen LogP) is 2.44. The van der Waals surface area contributed by atoms with Crippen molar-refractivity contribution >= 4 is 0 Å². The molecule has 2 rings (SSSR count). The van der Waals surface area contributed by atoms with Crippen LogP contribution in [-0.2, 0) is 6.61 Å². The molecular formula is C12H15N3O. The third kappa shape index (κ3) is 2.59. The van der Waals surface area contributed by atoms with Gasteiger partial charge in [0.15, 0.2) is 0 Å². The van der Waals surface area contributed by atoms with Gasteiger partial charge in [-0.1, -0.05) is 0 Å². The average Bonchev–Trinajstić information content (AvgIpc) is 2.76. The lowest BCUT2D eigenvalue weighted by Crippen LogP contribution is -1.97. The molecule has 0 bridgehead atoms. The van der Waals surface area contributed by atoms with Gasteiger partial charge in [0.1, 0.15) is 12.4 Å². The molecule has 4 nitrogen and oxygen atoms in total. The molecule has 2 aromatic heterocycles. The zero-order chi connectivity index (χ0) is 11.4. The SMILES string of the molecule is CC(C)n1cnc(COc2cccnc2)c1. The Kier molecular flexibility index (Phi) is 3.19. The quantitative estimate of drug-likeness (QED) is 0.789. The number of pyridine rings is 1. The predicted molar refractivity (Wildman–Crippen MR) is 61.2 cm³/mol.